The predicted octanol–water partition coefficient (Wildman–Crippen LogP) is 2.52. The van der Waals surface area contributed by atoms with Crippen molar-refractivity contribution in [2.45, 2.75) is 0 Å². The molecule has 0 unspecified atom stereocenters. The summed E-state index contributed by atoms with van der Waals surface area (Å²) >= 11 is 0. The third-order valence-electron chi connectivity index (χ3n) is 2.81. The molecule has 0 aliphatic heterocycles. The molecule has 2 aromatic carbocycles. The summed E-state index contributed by atoms with van der Waals surface area (Å²) in [4.78, 5) is 11.0. The minimum atomic E-state index is -0.928. The molecule has 2 aromatic rings. The van der Waals surface area contributed by atoms with Crippen LogP contribution >= 0.6 is 0 Å². The first-order valence-corrected chi connectivity index (χ1v) is 5.99. The maximum atomic E-state index is 11.0. The lowest BCUT2D eigenvalue weighted by atomic mass is 10.1. The molecule has 4 heteroatoms. The number of aromatic carboxylic acids is 1. The summed E-state index contributed by atoms with van der Waals surface area (Å²) in [5.74, 6) is -0.928. The molecule has 0 aromatic heterocycles. The van der Waals surface area contributed by atoms with Gasteiger partial charge in [0, 0.05) is 5.69 Å². The van der Waals surface area contributed by atoms with Gasteiger partial charge in [0.05, 0.1) is 5.56 Å². The van der Waals surface area contributed by atoms with Gasteiger partial charge in [-0.2, -0.15) is 0 Å². The molecule has 0 bridgehead atoms. The molecule has 0 saturated carbocycles. The highest BCUT2D eigenvalue weighted by molar-refractivity contribution is 6.17. The fourth-order valence-corrected chi connectivity index (χ4v) is 1.82. The Morgan fingerprint density at radius 1 is 1.05 bits per heavy atom. The zero-order chi connectivity index (χ0) is 13.7. The molecule has 0 amide bonds. The maximum absolute atomic E-state index is 11.0. The van der Waals surface area contributed by atoms with E-state index >= 15 is 0 Å². The van der Waals surface area contributed by atoms with Gasteiger partial charge in [-0.05, 0) is 23.3 Å². The molecule has 0 aliphatic rings. The summed E-state index contributed by atoms with van der Waals surface area (Å²) in [6, 6.07) is 15.2. The molecule has 19 heavy (non-hydrogen) atoms. The molecule has 0 atom stereocenters. The van der Waals surface area contributed by atoms with Crippen molar-refractivity contribution in [2.75, 3.05) is 5.23 Å². The van der Waals surface area contributed by atoms with Gasteiger partial charge in [-0.3, -0.25) is 0 Å². The second-order valence-electron chi connectivity index (χ2n) is 4.10. The van der Waals surface area contributed by atoms with Crippen molar-refractivity contribution >= 4 is 31.8 Å². The highest BCUT2D eigenvalue weighted by Gasteiger charge is 2.08. The summed E-state index contributed by atoms with van der Waals surface area (Å²) in [6.07, 6.45) is 3.96. The Labute approximate surface area is 113 Å². The lowest BCUT2D eigenvalue weighted by Crippen LogP contribution is -2.03. The van der Waals surface area contributed by atoms with Gasteiger partial charge in [0.2, 0.25) is 7.98 Å². The second-order valence-corrected chi connectivity index (χ2v) is 4.10. The molecule has 0 radical (unpaired) electrons. The normalized spacial score (nSPS) is 10.5. The van der Waals surface area contributed by atoms with Gasteiger partial charge in [-0.15, -0.1) is 0 Å². The van der Waals surface area contributed by atoms with Crippen molar-refractivity contribution in [3.05, 3.63) is 65.2 Å². The number of nitrogens with one attached hydrogen (secondary N) is 1. The Bertz CT molecular complexity index is 609. The predicted molar refractivity (Wildman–Crippen MR) is 80.9 cm³/mol. The van der Waals surface area contributed by atoms with Crippen LogP contribution in [0.25, 0.3) is 12.2 Å². The molecule has 2 N–H and O–H groups in total. The quantitative estimate of drug-likeness (QED) is 0.648. The van der Waals surface area contributed by atoms with E-state index in [2.05, 4.69) is 5.23 Å². The van der Waals surface area contributed by atoms with Crippen molar-refractivity contribution < 1.29 is 9.90 Å². The molecule has 0 heterocycles. The van der Waals surface area contributed by atoms with E-state index in [9.17, 15) is 4.79 Å². The van der Waals surface area contributed by atoms with E-state index < -0.39 is 5.97 Å². The number of benzene rings is 2. The molecule has 0 saturated heterocycles. The van der Waals surface area contributed by atoms with Gasteiger partial charge >= 0.3 is 5.97 Å². The Kier molecular flexibility index (Phi) is 4.03. The Morgan fingerprint density at radius 3 is 2.37 bits per heavy atom. The van der Waals surface area contributed by atoms with Crippen molar-refractivity contribution in [2.24, 2.45) is 0 Å². The van der Waals surface area contributed by atoms with Crippen LogP contribution in [0.3, 0.4) is 0 Å². The summed E-state index contributed by atoms with van der Waals surface area (Å²) < 4.78 is 0. The highest BCUT2D eigenvalue weighted by atomic mass is 16.4. The maximum Gasteiger partial charge on any atom is 0.337 e. The topological polar surface area (TPSA) is 49.3 Å². The fraction of sp³-hybridized carbons (Fsp3) is 0. The molecular weight excluding hydrogens is 237 g/mol. The van der Waals surface area contributed by atoms with E-state index in [-0.39, 0.29) is 5.56 Å². The third-order valence-corrected chi connectivity index (χ3v) is 2.81. The van der Waals surface area contributed by atoms with E-state index in [1.807, 2.05) is 48.6 Å². The van der Waals surface area contributed by atoms with E-state index in [0.717, 1.165) is 11.1 Å². The van der Waals surface area contributed by atoms with Crippen LogP contribution in [0, 0.1) is 0 Å². The Balaban J connectivity index is 2.27. The fourth-order valence-electron chi connectivity index (χ4n) is 1.82. The zero-order valence-electron chi connectivity index (χ0n) is 10.6. The van der Waals surface area contributed by atoms with E-state index in [4.69, 9.17) is 5.11 Å². The first kappa shape index (κ1) is 13.0. The smallest absolute Gasteiger partial charge is 0.337 e. The number of hydrogen-bond acceptors (Lipinski definition) is 2. The van der Waals surface area contributed by atoms with E-state index in [1.165, 1.54) is 0 Å². The van der Waals surface area contributed by atoms with Crippen LogP contribution in [0.15, 0.2) is 48.5 Å². The largest absolute Gasteiger partial charge is 0.478 e. The molecule has 2 rings (SSSR count). The SMILES string of the molecule is BNc1cc(/C=C/c2ccccc2)ccc1C(=O)O. The standard InChI is InChI=1S/C15H14BNO2/c16-17-14-10-12(8-9-13(14)15(18)19)7-6-11-4-2-1-3-5-11/h1-10,17H,16H2,(H,18,19)/b7-6+. The number of anilines is 1. The molecule has 0 fully saturated rings. The number of rotatable bonds is 4. The summed E-state index contributed by atoms with van der Waals surface area (Å²) in [5, 5.41) is 11.9. The van der Waals surface area contributed by atoms with Gasteiger partial charge in [0.25, 0.3) is 0 Å². The van der Waals surface area contributed by atoms with E-state index in [1.54, 1.807) is 20.1 Å². The lowest BCUT2D eigenvalue weighted by Gasteiger charge is -2.06. The molecular formula is C15H14BNO2. The number of carboxylic acid groups (broad SMARTS) is 1. The van der Waals surface area contributed by atoms with Crippen LogP contribution in [0.1, 0.15) is 21.5 Å². The monoisotopic (exact) mass is 251 g/mol. The summed E-state index contributed by atoms with van der Waals surface area (Å²) in [5.41, 5.74) is 2.95. The van der Waals surface area contributed by atoms with Crippen molar-refractivity contribution in [3.63, 3.8) is 0 Å². The third kappa shape index (κ3) is 3.25. The van der Waals surface area contributed by atoms with Crippen molar-refractivity contribution in [3.8, 4) is 0 Å². The van der Waals surface area contributed by atoms with Crippen LogP contribution in [0.4, 0.5) is 5.69 Å². The molecule has 0 spiro atoms. The molecule has 3 nitrogen and oxygen atoms in total. The molecule has 94 valence electrons. The highest BCUT2D eigenvalue weighted by Crippen LogP contribution is 2.19. The van der Waals surface area contributed by atoms with Crippen LogP contribution in [0.2, 0.25) is 0 Å². The van der Waals surface area contributed by atoms with Crippen LogP contribution in [-0.4, -0.2) is 19.1 Å². The number of hydrogen-bond donors (Lipinski definition) is 2. The molecule has 0 aliphatic carbocycles. The minimum absolute atomic E-state index is 0.277. The first-order valence-electron chi connectivity index (χ1n) is 5.99. The Hall–Kier alpha value is -2.49. The summed E-state index contributed by atoms with van der Waals surface area (Å²) in [6.45, 7) is 0. The Morgan fingerprint density at radius 2 is 1.74 bits per heavy atom. The van der Waals surface area contributed by atoms with Crippen LogP contribution in [0.5, 0.6) is 0 Å². The van der Waals surface area contributed by atoms with Crippen molar-refractivity contribution in [1.29, 1.82) is 0 Å². The summed E-state index contributed by atoms with van der Waals surface area (Å²) in [7, 11) is 1.71. The minimum Gasteiger partial charge on any atom is -0.478 e. The van der Waals surface area contributed by atoms with Crippen LogP contribution < -0.4 is 5.23 Å². The average Bonchev–Trinajstić information content (AvgIpc) is 2.45. The lowest BCUT2D eigenvalue weighted by molar-refractivity contribution is 0.0698. The van der Waals surface area contributed by atoms with E-state index in [0.29, 0.717) is 5.69 Å². The van der Waals surface area contributed by atoms with Gasteiger partial charge in [0.15, 0.2) is 0 Å². The van der Waals surface area contributed by atoms with Gasteiger partial charge in [-0.25, -0.2) is 4.79 Å². The first-order chi connectivity index (χ1) is 9.20. The average molecular weight is 251 g/mol. The van der Waals surface area contributed by atoms with Crippen LogP contribution in [-0.2, 0) is 0 Å². The van der Waals surface area contributed by atoms with Gasteiger partial charge in [0.1, 0.15) is 0 Å². The zero-order valence-corrected chi connectivity index (χ0v) is 10.6. The number of carbonyl (C=O) groups is 1. The van der Waals surface area contributed by atoms with Gasteiger partial charge in [-0.1, -0.05) is 48.6 Å². The van der Waals surface area contributed by atoms with Gasteiger partial charge < -0.3 is 10.3 Å². The number of carboxylic acids is 1. The second kappa shape index (κ2) is 5.91. The van der Waals surface area contributed by atoms with Crippen molar-refractivity contribution in [1.82, 2.24) is 0 Å².